The van der Waals surface area contributed by atoms with E-state index in [4.69, 9.17) is 0 Å². The van der Waals surface area contributed by atoms with Crippen molar-refractivity contribution in [3.8, 4) is 0 Å². The van der Waals surface area contributed by atoms with Crippen molar-refractivity contribution in [2.24, 2.45) is 5.41 Å². The third kappa shape index (κ3) is 1.03. The maximum absolute atomic E-state index is 2.33. The summed E-state index contributed by atoms with van der Waals surface area (Å²) in [6.07, 6.45) is 5.77. The van der Waals surface area contributed by atoms with E-state index in [0.717, 1.165) is 0 Å². The van der Waals surface area contributed by atoms with Gasteiger partial charge in [0.15, 0.2) is 0 Å². The van der Waals surface area contributed by atoms with E-state index in [-0.39, 0.29) is 0 Å². The van der Waals surface area contributed by atoms with Crippen LogP contribution < -0.4 is 0 Å². The molecule has 0 fully saturated rings. The van der Waals surface area contributed by atoms with Crippen LogP contribution in [0.1, 0.15) is 34.1 Å². The molecule has 0 heterocycles. The molecule has 56 valence electrons. The summed E-state index contributed by atoms with van der Waals surface area (Å²) in [5, 5.41) is 0. The van der Waals surface area contributed by atoms with Gasteiger partial charge in [0.1, 0.15) is 0 Å². The normalized spacial score (nSPS) is 27.2. The molecule has 1 aliphatic carbocycles. The highest BCUT2D eigenvalue weighted by molar-refractivity contribution is 5.39. The monoisotopic (exact) mass is 136 g/mol. The number of allylic oxidation sites excluding steroid dienone is 4. The van der Waals surface area contributed by atoms with E-state index in [1.807, 2.05) is 0 Å². The van der Waals surface area contributed by atoms with E-state index in [1.165, 1.54) is 17.6 Å². The van der Waals surface area contributed by atoms with Gasteiger partial charge in [-0.2, -0.15) is 0 Å². The van der Waals surface area contributed by atoms with Crippen LogP contribution in [0.4, 0.5) is 0 Å². The lowest BCUT2D eigenvalue weighted by Gasteiger charge is -2.20. The Bertz CT molecular complexity index is 192. The van der Waals surface area contributed by atoms with E-state index in [1.54, 1.807) is 0 Å². The van der Waals surface area contributed by atoms with Crippen LogP contribution in [0, 0.1) is 5.41 Å². The molecule has 0 aromatic carbocycles. The summed E-state index contributed by atoms with van der Waals surface area (Å²) in [5.74, 6) is 0. The van der Waals surface area contributed by atoms with Crippen LogP contribution in [0.25, 0.3) is 0 Å². The van der Waals surface area contributed by atoms with E-state index < -0.39 is 0 Å². The molecule has 0 spiro atoms. The topological polar surface area (TPSA) is 0 Å². The summed E-state index contributed by atoms with van der Waals surface area (Å²) in [7, 11) is 0. The summed E-state index contributed by atoms with van der Waals surface area (Å²) < 4.78 is 0. The minimum atomic E-state index is 0.402. The van der Waals surface area contributed by atoms with E-state index in [2.05, 4.69) is 39.8 Å². The van der Waals surface area contributed by atoms with Crippen LogP contribution in [0.15, 0.2) is 23.3 Å². The summed E-state index contributed by atoms with van der Waals surface area (Å²) in [6, 6.07) is 0. The van der Waals surface area contributed by atoms with Crippen molar-refractivity contribution < 1.29 is 0 Å². The smallest absolute Gasteiger partial charge is 0.00697 e. The van der Waals surface area contributed by atoms with Crippen LogP contribution >= 0.6 is 0 Å². The van der Waals surface area contributed by atoms with E-state index in [0.29, 0.717) is 5.41 Å². The largest absolute Gasteiger partial charge is 0.0836 e. The Morgan fingerprint density at radius 3 is 2.30 bits per heavy atom. The highest BCUT2D eigenvalue weighted by Crippen LogP contribution is 2.41. The van der Waals surface area contributed by atoms with Crippen molar-refractivity contribution in [1.29, 1.82) is 0 Å². The van der Waals surface area contributed by atoms with Gasteiger partial charge in [0, 0.05) is 0 Å². The van der Waals surface area contributed by atoms with Gasteiger partial charge in [-0.15, -0.1) is 0 Å². The molecule has 1 rings (SSSR count). The van der Waals surface area contributed by atoms with Crippen molar-refractivity contribution in [2.45, 2.75) is 34.1 Å². The Morgan fingerprint density at radius 1 is 1.50 bits per heavy atom. The van der Waals surface area contributed by atoms with Gasteiger partial charge in [-0.05, 0) is 31.3 Å². The summed E-state index contributed by atoms with van der Waals surface area (Å²) in [5.41, 5.74) is 3.39. The Hall–Kier alpha value is -0.520. The maximum Gasteiger partial charge on any atom is -0.00697 e. The van der Waals surface area contributed by atoms with Crippen molar-refractivity contribution in [2.75, 3.05) is 0 Å². The zero-order valence-corrected chi connectivity index (χ0v) is 7.36. The third-order valence-electron chi connectivity index (χ3n) is 2.36. The van der Waals surface area contributed by atoms with Gasteiger partial charge in [-0.25, -0.2) is 0 Å². The SMILES string of the molecule is C/C=C1/C(C)=CCC1(C)C. The molecule has 0 bridgehead atoms. The first-order chi connectivity index (χ1) is 4.58. The quantitative estimate of drug-likeness (QED) is 0.479. The second-order valence-electron chi connectivity index (χ2n) is 3.68. The first kappa shape index (κ1) is 7.59. The second kappa shape index (κ2) is 2.26. The summed E-state index contributed by atoms with van der Waals surface area (Å²) in [6.45, 7) is 8.93. The summed E-state index contributed by atoms with van der Waals surface area (Å²) in [4.78, 5) is 0. The minimum Gasteiger partial charge on any atom is -0.0836 e. The van der Waals surface area contributed by atoms with Crippen LogP contribution in [0.5, 0.6) is 0 Å². The molecule has 0 saturated heterocycles. The van der Waals surface area contributed by atoms with Crippen LogP contribution in [0.2, 0.25) is 0 Å². The van der Waals surface area contributed by atoms with E-state index >= 15 is 0 Å². The molecule has 0 aromatic rings. The number of rotatable bonds is 0. The molecule has 0 saturated carbocycles. The Balaban J connectivity index is 2.95. The minimum absolute atomic E-state index is 0.402. The molecule has 0 unspecified atom stereocenters. The second-order valence-corrected chi connectivity index (χ2v) is 3.68. The van der Waals surface area contributed by atoms with Crippen molar-refractivity contribution >= 4 is 0 Å². The van der Waals surface area contributed by atoms with Gasteiger partial charge in [0.25, 0.3) is 0 Å². The van der Waals surface area contributed by atoms with Crippen LogP contribution in [-0.2, 0) is 0 Å². The summed E-state index contributed by atoms with van der Waals surface area (Å²) >= 11 is 0. The lowest BCUT2D eigenvalue weighted by molar-refractivity contribution is 0.480. The molecule has 0 radical (unpaired) electrons. The van der Waals surface area contributed by atoms with Gasteiger partial charge >= 0.3 is 0 Å². The van der Waals surface area contributed by atoms with Crippen molar-refractivity contribution in [3.05, 3.63) is 23.3 Å². The molecule has 0 aromatic heterocycles. The van der Waals surface area contributed by atoms with Crippen LogP contribution in [-0.4, -0.2) is 0 Å². The molecule has 0 amide bonds. The standard InChI is InChI=1S/C10H16/c1-5-9-8(2)6-7-10(9,3)4/h5-6H,7H2,1-4H3/b9-5-. The van der Waals surface area contributed by atoms with Gasteiger partial charge < -0.3 is 0 Å². The zero-order valence-electron chi connectivity index (χ0n) is 7.36. The number of hydrogen-bond donors (Lipinski definition) is 0. The zero-order chi connectivity index (χ0) is 7.78. The van der Waals surface area contributed by atoms with Gasteiger partial charge in [-0.1, -0.05) is 31.6 Å². The van der Waals surface area contributed by atoms with Gasteiger partial charge in [0.05, 0.1) is 0 Å². The average molecular weight is 136 g/mol. The molecule has 0 nitrogen and oxygen atoms in total. The average Bonchev–Trinajstić information content (AvgIpc) is 2.07. The fraction of sp³-hybridized carbons (Fsp3) is 0.600. The molecule has 1 aliphatic rings. The molecule has 0 heteroatoms. The highest BCUT2D eigenvalue weighted by atomic mass is 14.3. The first-order valence-electron chi connectivity index (χ1n) is 3.92. The number of hydrogen-bond acceptors (Lipinski definition) is 0. The molecule has 0 atom stereocenters. The first-order valence-corrected chi connectivity index (χ1v) is 3.92. The van der Waals surface area contributed by atoms with Crippen molar-refractivity contribution in [3.63, 3.8) is 0 Å². The molecule has 0 N–H and O–H groups in total. The molecular formula is C10H16. The molecule has 10 heavy (non-hydrogen) atoms. The fourth-order valence-corrected chi connectivity index (χ4v) is 1.78. The predicted molar refractivity (Wildman–Crippen MR) is 45.9 cm³/mol. The maximum atomic E-state index is 2.33. The van der Waals surface area contributed by atoms with Gasteiger partial charge in [0.2, 0.25) is 0 Å². The molecule has 0 aliphatic heterocycles. The van der Waals surface area contributed by atoms with Crippen molar-refractivity contribution in [1.82, 2.24) is 0 Å². The Morgan fingerprint density at radius 2 is 2.10 bits per heavy atom. The predicted octanol–water partition coefficient (Wildman–Crippen LogP) is 3.31. The Labute approximate surface area is 63.6 Å². The van der Waals surface area contributed by atoms with E-state index in [9.17, 15) is 0 Å². The Kier molecular flexibility index (Phi) is 1.72. The van der Waals surface area contributed by atoms with Crippen LogP contribution in [0.3, 0.4) is 0 Å². The third-order valence-corrected chi connectivity index (χ3v) is 2.36. The lowest BCUT2D eigenvalue weighted by Crippen LogP contribution is -2.08. The fourth-order valence-electron chi connectivity index (χ4n) is 1.78. The highest BCUT2D eigenvalue weighted by Gasteiger charge is 2.27. The van der Waals surface area contributed by atoms with Gasteiger partial charge in [-0.3, -0.25) is 0 Å². The molecular weight excluding hydrogens is 120 g/mol. The lowest BCUT2D eigenvalue weighted by atomic mass is 9.84.